The Kier molecular flexibility index (Phi) is 5.45. The molecule has 3 rings (SSSR count). The Morgan fingerprint density at radius 1 is 1.16 bits per heavy atom. The van der Waals surface area contributed by atoms with Crippen LogP contribution in [0.5, 0.6) is 11.5 Å². The number of carbonyl (C=O) groups is 1. The maximum atomic E-state index is 12.2. The summed E-state index contributed by atoms with van der Waals surface area (Å²) in [4.78, 5) is 17.2. The third kappa shape index (κ3) is 4.05. The summed E-state index contributed by atoms with van der Waals surface area (Å²) in [5.41, 5.74) is 1.53. The van der Waals surface area contributed by atoms with E-state index in [1.165, 1.54) is 11.8 Å². The molecule has 1 heterocycles. The van der Waals surface area contributed by atoms with Gasteiger partial charge in [-0.05, 0) is 42.1 Å². The third-order valence-corrected chi connectivity index (χ3v) is 4.81. The van der Waals surface area contributed by atoms with Crippen molar-refractivity contribution in [3.63, 3.8) is 0 Å². The number of para-hydroxylation sites is 1. The molecular formula is C18H15BrN2O3S. The standard InChI is InChI=1S/C18H15BrN2O3S/c1-23-14-8-3-5-11(16(14)24-2)9-15-17(22)21-18(25-15)20-13-7-4-6-12(19)10-13/h3-10H,1-2H3,(H,20,21,22)/b15-9+. The largest absolute Gasteiger partial charge is 0.493 e. The van der Waals surface area contributed by atoms with Gasteiger partial charge in [-0.1, -0.05) is 34.1 Å². The maximum Gasteiger partial charge on any atom is 0.264 e. The van der Waals surface area contributed by atoms with Gasteiger partial charge in [0.15, 0.2) is 16.7 Å². The zero-order chi connectivity index (χ0) is 17.8. The van der Waals surface area contributed by atoms with Crippen molar-refractivity contribution >= 4 is 50.5 Å². The quantitative estimate of drug-likeness (QED) is 0.749. The van der Waals surface area contributed by atoms with Crippen LogP contribution in [0.3, 0.4) is 0 Å². The molecule has 0 saturated carbocycles. The predicted octanol–water partition coefficient (Wildman–Crippen LogP) is 4.36. The Balaban J connectivity index is 1.90. The summed E-state index contributed by atoms with van der Waals surface area (Å²) >= 11 is 4.69. The van der Waals surface area contributed by atoms with Crippen LogP contribution in [0.1, 0.15) is 5.56 Å². The molecule has 1 N–H and O–H groups in total. The van der Waals surface area contributed by atoms with E-state index in [0.29, 0.717) is 21.6 Å². The van der Waals surface area contributed by atoms with Crippen molar-refractivity contribution in [3.8, 4) is 11.5 Å². The normalized spacial score (nSPS) is 17.0. The summed E-state index contributed by atoms with van der Waals surface area (Å²) in [5.74, 6) is 1.01. The van der Waals surface area contributed by atoms with Crippen molar-refractivity contribution in [2.75, 3.05) is 14.2 Å². The number of carbonyl (C=O) groups excluding carboxylic acids is 1. The summed E-state index contributed by atoms with van der Waals surface area (Å²) < 4.78 is 11.6. The third-order valence-electron chi connectivity index (χ3n) is 3.41. The Morgan fingerprint density at radius 3 is 2.68 bits per heavy atom. The Morgan fingerprint density at radius 2 is 1.96 bits per heavy atom. The van der Waals surface area contributed by atoms with Gasteiger partial charge in [-0.3, -0.25) is 4.79 Å². The average Bonchev–Trinajstić information content (AvgIpc) is 2.93. The number of amides is 1. The number of hydrogen-bond acceptors (Lipinski definition) is 5. The van der Waals surface area contributed by atoms with Crippen LogP contribution >= 0.6 is 27.7 Å². The highest BCUT2D eigenvalue weighted by molar-refractivity contribution is 9.10. The van der Waals surface area contributed by atoms with Crippen LogP contribution in [0.2, 0.25) is 0 Å². The van der Waals surface area contributed by atoms with Gasteiger partial charge in [-0.25, -0.2) is 4.99 Å². The number of methoxy groups -OCH3 is 2. The van der Waals surface area contributed by atoms with Gasteiger partial charge >= 0.3 is 0 Å². The van der Waals surface area contributed by atoms with E-state index in [9.17, 15) is 4.79 Å². The van der Waals surface area contributed by atoms with Gasteiger partial charge in [0.05, 0.1) is 24.8 Å². The van der Waals surface area contributed by atoms with Crippen LogP contribution in [0, 0.1) is 0 Å². The molecule has 1 aliphatic rings. The number of benzene rings is 2. The first-order valence-electron chi connectivity index (χ1n) is 7.37. The second-order valence-electron chi connectivity index (χ2n) is 5.04. The zero-order valence-corrected chi connectivity index (χ0v) is 16.0. The average molecular weight is 419 g/mol. The van der Waals surface area contributed by atoms with Gasteiger partial charge in [0.2, 0.25) is 0 Å². The summed E-state index contributed by atoms with van der Waals surface area (Å²) in [7, 11) is 3.15. The van der Waals surface area contributed by atoms with E-state index in [2.05, 4.69) is 26.2 Å². The van der Waals surface area contributed by atoms with E-state index in [1.54, 1.807) is 20.3 Å². The highest BCUT2D eigenvalue weighted by atomic mass is 79.9. The van der Waals surface area contributed by atoms with Gasteiger partial charge in [0.1, 0.15) is 0 Å². The van der Waals surface area contributed by atoms with Crippen LogP contribution in [0.15, 0.2) is 56.8 Å². The lowest BCUT2D eigenvalue weighted by Crippen LogP contribution is -2.19. The molecule has 0 spiro atoms. The van der Waals surface area contributed by atoms with Crippen LogP contribution in [-0.4, -0.2) is 25.3 Å². The van der Waals surface area contributed by atoms with Crippen molar-refractivity contribution in [1.82, 2.24) is 5.32 Å². The van der Waals surface area contributed by atoms with E-state index in [4.69, 9.17) is 9.47 Å². The summed E-state index contributed by atoms with van der Waals surface area (Å²) in [6.45, 7) is 0. The number of rotatable bonds is 4. The molecule has 0 unspecified atom stereocenters. The van der Waals surface area contributed by atoms with Gasteiger partial charge in [0.25, 0.3) is 5.91 Å². The minimum atomic E-state index is -0.191. The van der Waals surface area contributed by atoms with E-state index in [0.717, 1.165) is 15.7 Å². The lowest BCUT2D eigenvalue weighted by molar-refractivity contribution is -0.115. The van der Waals surface area contributed by atoms with Crippen LogP contribution < -0.4 is 14.8 Å². The zero-order valence-electron chi connectivity index (χ0n) is 13.6. The molecular weight excluding hydrogens is 404 g/mol. The SMILES string of the molecule is COc1cccc(/C=C2/SC(=Nc3cccc(Br)c3)NC2=O)c1OC. The second-order valence-corrected chi connectivity index (χ2v) is 6.99. The van der Waals surface area contributed by atoms with Gasteiger partial charge in [0, 0.05) is 10.0 Å². The van der Waals surface area contributed by atoms with Gasteiger partial charge < -0.3 is 14.8 Å². The van der Waals surface area contributed by atoms with E-state index < -0.39 is 0 Å². The molecule has 1 amide bonds. The highest BCUT2D eigenvalue weighted by Crippen LogP contribution is 2.35. The molecule has 0 aliphatic carbocycles. The summed E-state index contributed by atoms with van der Waals surface area (Å²) in [6, 6.07) is 13.1. The summed E-state index contributed by atoms with van der Waals surface area (Å²) in [6.07, 6.45) is 1.77. The summed E-state index contributed by atoms with van der Waals surface area (Å²) in [5, 5.41) is 3.31. The van der Waals surface area contributed by atoms with E-state index in [1.807, 2.05) is 42.5 Å². The molecule has 25 heavy (non-hydrogen) atoms. The number of nitrogens with zero attached hydrogens (tertiary/aromatic N) is 1. The van der Waals surface area contributed by atoms with Crippen molar-refractivity contribution in [3.05, 3.63) is 57.4 Å². The van der Waals surface area contributed by atoms with Gasteiger partial charge in [-0.15, -0.1) is 0 Å². The molecule has 0 bridgehead atoms. The Hall–Kier alpha value is -2.25. The fourth-order valence-electron chi connectivity index (χ4n) is 2.31. The number of halogens is 1. The number of aliphatic imine (C=N–C) groups is 1. The molecule has 2 aromatic rings. The van der Waals surface area contributed by atoms with Crippen molar-refractivity contribution in [1.29, 1.82) is 0 Å². The van der Waals surface area contributed by atoms with Crippen molar-refractivity contribution in [2.45, 2.75) is 0 Å². The fraction of sp³-hybridized carbons (Fsp3) is 0.111. The minimum Gasteiger partial charge on any atom is -0.493 e. The minimum absolute atomic E-state index is 0.191. The van der Waals surface area contributed by atoms with Crippen LogP contribution in [0.4, 0.5) is 5.69 Å². The molecule has 2 aromatic carbocycles. The van der Waals surface area contributed by atoms with Crippen LogP contribution in [-0.2, 0) is 4.79 Å². The van der Waals surface area contributed by atoms with Crippen LogP contribution in [0.25, 0.3) is 6.08 Å². The number of nitrogens with one attached hydrogen (secondary N) is 1. The molecule has 7 heteroatoms. The first-order valence-corrected chi connectivity index (χ1v) is 8.98. The molecule has 0 aromatic heterocycles. The number of thioether (sulfide) groups is 1. The highest BCUT2D eigenvalue weighted by Gasteiger charge is 2.24. The number of hydrogen-bond donors (Lipinski definition) is 1. The Labute approximate surface area is 158 Å². The van der Waals surface area contributed by atoms with Crippen molar-refractivity contribution < 1.29 is 14.3 Å². The molecule has 0 radical (unpaired) electrons. The first-order chi connectivity index (χ1) is 12.1. The molecule has 0 atom stereocenters. The molecule has 128 valence electrons. The topological polar surface area (TPSA) is 59.9 Å². The monoisotopic (exact) mass is 418 g/mol. The van der Waals surface area contributed by atoms with E-state index in [-0.39, 0.29) is 5.91 Å². The van der Waals surface area contributed by atoms with E-state index >= 15 is 0 Å². The fourth-order valence-corrected chi connectivity index (χ4v) is 3.53. The molecule has 1 aliphatic heterocycles. The molecule has 1 fully saturated rings. The van der Waals surface area contributed by atoms with Crippen molar-refractivity contribution in [2.24, 2.45) is 4.99 Å². The second kappa shape index (κ2) is 7.76. The smallest absolute Gasteiger partial charge is 0.264 e. The lowest BCUT2D eigenvalue weighted by atomic mass is 10.1. The number of ether oxygens (including phenoxy) is 2. The van der Waals surface area contributed by atoms with Gasteiger partial charge in [-0.2, -0.15) is 0 Å². The molecule has 1 saturated heterocycles. The maximum absolute atomic E-state index is 12.2. The molecule has 5 nitrogen and oxygen atoms in total. The Bertz CT molecular complexity index is 880. The first kappa shape index (κ1) is 17.6. The predicted molar refractivity (Wildman–Crippen MR) is 104 cm³/mol. The lowest BCUT2D eigenvalue weighted by Gasteiger charge is -2.10. The number of amidine groups is 1.